The molecule has 6 heteroatoms. The normalized spacial score (nSPS) is 18.3. The number of anilines is 1. The van der Waals surface area contributed by atoms with Crippen molar-refractivity contribution in [1.82, 2.24) is 0 Å². The summed E-state index contributed by atoms with van der Waals surface area (Å²) in [6.45, 7) is 0.277. The summed E-state index contributed by atoms with van der Waals surface area (Å²) in [5.41, 5.74) is 1.06. The molecule has 1 aromatic rings. The van der Waals surface area contributed by atoms with Crippen LogP contribution in [0.3, 0.4) is 0 Å². The fourth-order valence-electron chi connectivity index (χ4n) is 2.08. The molecular formula is C13H11BrN2O3. The van der Waals surface area contributed by atoms with E-state index >= 15 is 0 Å². The van der Waals surface area contributed by atoms with Gasteiger partial charge in [-0.05, 0) is 28.1 Å². The molecule has 1 aliphatic heterocycles. The summed E-state index contributed by atoms with van der Waals surface area (Å²) in [4.78, 5) is 25.0. The van der Waals surface area contributed by atoms with Crippen molar-refractivity contribution in [2.45, 2.75) is 6.42 Å². The van der Waals surface area contributed by atoms with E-state index in [4.69, 9.17) is 5.26 Å². The molecule has 0 bridgehead atoms. The average Bonchev–Trinajstić information content (AvgIpc) is 2.80. The monoisotopic (exact) mass is 322 g/mol. The lowest BCUT2D eigenvalue weighted by atomic mass is 10.1. The molecule has 1 aromatic carbocycles. The van der Waals surface area contributed by atoms with Crippen LogP contribution in [0.2, 0.25) is 0 Å². The lowest BCUT2D eigenvalue weighted by Crippen LogP contribution is -2.26. The Kier molecular flexibility index (Phi) is 3.86. The fraction of sp³-hybridized carbons (Fsp3) is 0.308. The maximum absolute atomic E-state index is 12.0. The first-order valence-electron chi connectivity index (χ1n) is 5.65. The summed E-state index contributed by atoms with van der Waals surface area (Å²) in [5, 5.41) is 8.97. The number of hydrogen-bond acceptors (Lipinski definition) is 4. The van der Waals surface area contributed by atoms with Gasteiger partial charge in [0.2, 0.25) is 5.91 Å². The van der Waals surface area contributed by atoms with E-state index in [1.165, 1.54) is 12.0 Å². The Labute approximate surface area is 118 Å². The second-order valence-electron chi connectivity index (χ2n) is 4.18. The lowest BCUT2D eigenvalue weighted by molar-refractivity contribution is -0.145. The van der Waals surface area contributed by atoms with Gasteiger partial charge >= 0.3 is 5.97 Å². The largest absolute Gasteiger partial charge is 0.469 e. The van der Waals surface area contributed by atoms with E-state index in [1.54, 1.807) is 18.2 Å². The molecule has 1 unspecified atom stereocenters. The first kappa shape index (κ1) is 13.6. The first-order valence-corrected chi connectivity index (χ1v) is 6.44. The molecule has 1 saturated heterocycles. The highest BCUT2D eigenvalue weighted by Gasteiger charge is 2.36. The minimum Gasteiger partial charge on any atom is -0.469 e. The zero-order chi connectivity index (χ0) is 14.0. The van der Waals surface area contributed by atoms with Crippen LogP contribution in [-0.2, 0) is 14.3 Å². The van der Waals surface area contributed by atoms with E-state index in [1.807, 2.05) is 6.07 Å². The van der Waals surface area contributed by atoms with E-state index in [0.717, 1.165) is 0 Å². The van der Waals surface area contributed by atoms with E-state index in [2.05, 4.69) is 20.7 Å². The summed E-state index contributed by atoms with van der Waals surface area (Å²) < 4.78 is 5.23. The molecule has 0 aliphatic carbocycles. The molecule has 1 fully saturated rings. The number of amides is 1. The summed E-state index contributed by atoms with van der Waals surface area (Å²) in [5.74, 6) is -0.982. The van der Waals surface area contributed by atoms with Gasteiger partial charge in [-0.15, -0.1) is 0 Å². The van der Waals surface area contributed by atoms with Crippen molar-refractivity contribution in [3.63, 3.8) is 0 Å². The topological polar surface area (TPSA) is 70.4 Å². The van der Waals surface area contributed by atoms with Crippen molar-refractivity contribution in [3.05, 3.63) is 28.2 Å². The zero-order valence-corrected chi connectivity index (χ0v) is 11.8. The third-order valence-corrected chi connectivity index (χ3v) is 3.88. The van der Waals surface area contributed by atoms with Gasteiger partial charge in [0.05, 0.1) is 28.8 Å². The number of esters is 1. The van der Waals surface area contributed by atoms with Crippen LogP contribution >= 0.6 is 15.9 Å². The Morgan fingerprint density at radius 3 is 2.95 bits per heavy atom. The molecular weight excluding hydrogens is 312 g/mol. The van der Waals surface area contributed by atoms with Crippen LogP contribution in [0.1, 0.15) is 12.0 Å². The smallest absolute Gasteiger partial charge is 0.311 e. The van der Waals surface area contributed by atoms with Crippen molar-refractivity contribution >= 4 is 33.5 Å². The first-order chi connectivity index (χ1) is 9.08. The molecule has 0 radical (unpaired) electrons. The van der Waals surface area contributed by atoms with Crippen LogP contribution in [0.25, 0.3) is 0 Å². The second-order valence-corrected chi connectivity index (χ2v) is 4.97. The summed E-state index contributed by atoms with van der Waals surface area (Å²) >= 11 is 3.32. The maximum Gasteiger partial charge on any atom is 0.311 e. The number of methoxy groups -OCH3 is 1. The van der Waals surface area contributed by atoms with Gasteiger partial charge in [-0.2, -0.15) is 5.26 Å². The van der Waals surface area contributed by atoms with Gasteiger partial charge < -0.3 is 9.64 Å². The minimum absolute atomic E-state index is 0.135. The van der Waals surface area contributed by atoms with E-state index in [9.17, 15) is 9.59 Å². The predicted molar refractivity (Wildman–Crippen MR) is 71.3 cm³/mol. The standard InChI is InChI=1S/C13H11BrN2O3/c1-19-13(18)9-5-11(17)16(7-9)10-4-2-3-8(6-15)12(10)14/h2-4,9H,5,7H2,1H3. The van der Waals surface area contributed by atoms with E-state index in [-0.39, 0.29) is 24.8 Å². The lowest BCUT2D eigenvalue weighted by Gasteiger charge is -2.18. The van der Waals surface area contributed by atoms with Crippen LogP contribution in [0, 0.1) is 17.2 Å². The Bertz CT molecular complexity index is 580. The zero-order valence-electron chi connectivity index (χ0n) is 10.2. The average molecular weight is 323 g/mol. The minimum atomic E-state index is -0.449. The number of nitrogens with zero attached hydrogens (tertiary/aromatic N) is 2. The van der Waals surface area contributed by atoms with Gasteiger partial charge in [0.1, 0.15) is 6.07 Å². The highest BCUT2D eigenvalue weighted by atomic mass is 79.9. The van der Waals surface area contributed by atoms with Crippen LogP contribution in [0.15, 0.2) is 22.7 Å². The summed E-state index contributed by atoms with van der Waals surface area (Å²) in [6.07, 6.45) is 0.135. The molecule has 1 amide bonds. The van der Waals surface area contributed by atoms with Crippen molar-refractivity contribution < 1.29 is 14.3 Å². The molecule has 1 atom stereocenters. The summed E-state index contributed by atoms with van der Waals surface area (Å²) in [6, 6.07) is 7.15. The predicted octanol–water partition coefficient (Wildman–Crippen LogP) is 1.85. The molecule has 0 N–H and O–H groups in total. The quantitative estimate of drug-likeness (QED) is 0.779. The van der Waals surface area contributed by atoms with Crippen LogP contribution in [0.5, 0.6) is 0 Å². The number of carbonyl (C=O) groups excluding carboxylic acids is 2. The van der Waals surface area contributed by atoms with Crippen LogP contribution in [-0.4, -0.2) is 25.5 Å². The Hall–Kier alpha value is -1.87. The molecule has 1 heterocycles. The molecule has 0 aromatic heterocycles. The Balaban J connectivity index is 2.31. The highest BCUT2D eigenvalue weighted by Crippen LogP contribution is 2.33. The number of benzene rings is 1. The van der Waals surface area contributed by atoms with Crippen LogP contribution in [0.4, 0.5) is 5.69 Å². The highest BCUT2D eigenvalue weighted by molar-refractivity contribution is 9.10. The van der Waals surface area contributed by atoms with Gasteiger partial charge in [-0.1, -0.05) is 6.07 Å². The fourth-order valence-corrected chi connectivity index (χ4v) is 2.65. The molecule has 0 spiro atoms. The molecule has 98 valence electrons. The Morgan fingerprint density at radius 2 is 2.32 bits per heavy atom. The van der Waals surface area contributed by atoms with E-state index < -0.39 is 5.92 Å². The van der Waals surface area contributed by atoms with Gasteiger partial charge in [0.25, 0.3) is 0 Å². The van der Waals surface area contributed by atoms with Crippen molar-refractivity contribution in [3.8, 4) is 6.07 Å². The molecule has 2 rings (SSSR count). The van der Waals surface area contributed by atoms with Gasteiger partial charge in [-0.25, -0.2) is 0 Å². The van der Waals surface area contributed by atoms with Gasteiger partial charge in [0, 0.05) is 13.0 Å². The number of hydrogen-bond donors (Lipinski definition) is 0. The number of ether oxygens (including phenoxy) is 1. The maximum atomic E-state index is 12.0. The Morgan fingerprint density at radius 1 is 1.58 bits per heavy atom. The van der Waals surface area contributed by atoms with Crippen LogP contribution < -0.4 is 4.90 Å². The molecule has 1 aliphatic rings. The number of rotatable bonds is 2. The van der Waals surface area contributed by atoms with E-state index in [0.29, 0.717) is 15.7 Å². The third-order valence-electron chi connectivity index (χ3n) is 3.05. The number of carbonyl (C=O) groups is 2. The second kappa shape index (κ2) is 5.41. The summed E-state index contributed by atoms with van der Waals surface area (Å²) in [7, 11) is 1.31. The van der Waals surface area contributed by atoms with Gasteiger partial charge in [-0.3, -0.25) is 9.59 Å². The SMILES string of the molecule is COC(=O)C1CC(=O)N(c2cccc(C#N)c2Br)C1. The van der Waals surface area contributed by atoms with Crippen molar-refractivity contribution in [2.75, 3.05) is 18.6 Å². The molecule has 5 nitrogen and oxygen atoms in total. The number of halogens is 1. The van der Waals surface area contributed by atoms with Crippen molar-refractivity contribution in [1.29, 1.82) is 5.26 Å². The van der Waals surface area contributed by atoms with Crippen molar-refractivity contribution in [2.24, 2.45) is 5.92 Å². The molecule has 19 heavy (non-hydrogen) atoms. The van der Waals surface area contributed by atoms with Gasteiger partial charge in [0.15, 0.2) is 0 Å². The molecule has 0 saturated carbocycles. The third kappa shape index (κ3) is 2.47. The number of nitriles is 1.